The van der Waals surface area contributed by atoms with Gasteiger partial charge in [0.2, 0.25) is 0 Å². The van der Waals surface area contributed by atoms with E-state index in [0.29, 0.717) is 16.5 Å². The van der Waals surface area contributed by atoms with Crippen LogP contribution in [0.15, 0.2) is 43.2 Å². The van der Waals surface area contributed by atoms with E-state index < -0.39 is 0 Å². The Balaban J connectivity index is 0.00000128. The largest absolute Gasteiger partial charge is 0.508 e. The van der Waals surface area contributed by atoms with Gasteiger partial charge >= 0.3 is 0 Å². The van der Waals surface area contributed by atoms with E-state index in [1.165, 1.54) is 18.4 Å². The van der Waals surface area contributed by atoms with Crippen LogP contribution in [-0.4, -0.2) is 10.2 Å². The van der Waals surface area contributed by atoms with Gasteiger partial charge < -0.3 is 14.9 Å². The summed E-state index contributed by atoms with van der Waals surface area (Å²) in [5, 5.41) is 20.2. The van der Waals surface area contributed by atoms with Gasteiger partial charge in [-0.15, -0.1) is 0 Å². The number of ether oxygens (including phenoxy) is 1. The zero-order valence-electron chi connectivity index (χ0n) is 9.13. The molecule has 5 heteroatoms. The van der Waals surface area contributed by atoms with E-state index in [9.17, 15) is 10.2 Å². The molecule has 2 radical (unpaired) electrons. The Morgan fingerprint density at radius 3 is 2.41 bits per heavy atom. The first-order valence-corrected chi connectivity index (χ1v) is 4.44. The van der Waals surface area contributed by atoms with E-state index in [1.54, 1.807) is 18.2 Å². The average molecular weight is 380 g/mol. The molecule has 0 amide bonds. The quantitative estimate of drug-likeness (QED) is 0.789. The van der Waals surface area contributed by atoms with Crippen LogP contribution in [-0.2, 0) is 65.4 Å². The zero-order valence-corrected chi connectivity index (χ0v) is 14.8. The third kappa shape index (κ3) is 3.75. The van der Waals surface area contributed by atoms with E-state index in [-0.39, 0.29) is 76.9 Å². The Morgan fingerprint density at radius 1 is 1.06 bits per heavy atom. The Hall–Kier alpha value is 0.0478. The molecule has 2 N–H and O–H groups in total. The van der Waals surface area contributed by atoms with E-state index in [4.69, 9.17) is 4.74 Å². The van der Waals surface area contributed by atoms with Crippen molar-refractivity contribution in [2.24, 2.45) is 0 Å². The summed E-state index contributed by atoms with van der Waals surface area (Å²) >= 11 is 0. The molecule has 0 saturated carbocycles. The maximum absolute atomic E-state index is 9.60. The summed E-state index contributed by atoms with van der Waals surface area (Å²) in [6, 6.07) is 8.08. The summed E-state index contributed by atoms with van der Waals surface area (Å²) in [6.07, 6.45) is 1.30. The Morgan fingerprint density at radius 2 is 1.76 bits per heavy atom. The van der Waals surface area contributed by atoms with Gasteiger partial charge in [0, 0.05) is 82.3 Å². The van der Waals surface area contributed by atoms with Gasteiger partial charge in [-0.05, 0) is 12.1 Å². The molecule has 0 bridgehead atoms. The number of phenolic OH excluding ortho intramolecular Hbond substituents is 2. The number of hydrogen-bond acceptors (Lipinski definition) is 3. The van der Waals surface area contributed by atoms with Crippen molar-refractivity contribution in [3.63, 3.8) is 0 Å². The second kappa shape index (κ2) is 7.48. The van der Waals surface area contributed by atoms with Crippen LogP contribution >= 0.6 is 0 Å². The fraction of sp³-hybridized carbons (Fsp3) is 0. The molecule has 0 saturated heterocycles. The first-order chi connectivity index (χ1) is 7.22. The molecule has 0 atom stereocenters. The van der Waals surface area contributed by atoms with E-state index >= 15 is 0 Å². The summed E-state index contributed by atoms with van der Waals surface area (Å²) in [6.45, 7) is 3.46. The molecule has 2 aromatic carbocycles. The van der Waals surface area contributed by atoms with Gasteiger partial charge in [-0.2, -0.15) is 0 Å². The van der Waals surface area contributed by atoms with Crippen LogP contribution < -0.4 is 4.74 Å². The van der Waals surface area contributed by atoms with Crippen molar-refractivity contribution < 1.29 is 80.4 Å². The summed E-state index contributed by atoms with van der Waals surface area (Å²) in [7, 11) is 0. The Bertz CT molecular complexity index is 526. The van der Waals surface area contributed by atoms with Crippen molar-refractivity contribution >= 4 is 10.8 Å². The van der Waals surface area contributed by atoms with Crippen molar-refractivity contribution in [1.29, 1.82) is 0 Å². The van der Waals surface area contributed by atoms with Crippen LogP contribution in [0.25, 0.3) is 10.8 Å². The van der Waals surface area contributed by atoms with E-state index in [0.717, 1.165) is 0 Å². The average Bonchev–Trinajstić information content (AvgIpc) is 2.19. The smallest absolute Gasteiger partial charge is 0.134 e. The third-order valence-corrected chi connectivity index (χ3v) is 2.13. The molecule has 3 nitrogen and oxygen atoms in total. The van der Waals surface area contributed by atoms with Gasteiger partial charge in [-0.3, -0.25) is 0 Å². The van der Waals surface area contributed by atoms with Crippen LogP contribution in [0.1, 0.15) is 0 Å². The summed E-state index contributed by atoms with van der Waals surface area (Å²) < 4.78 is 5.17. The molecule has 0 aliphatic heterocycles. The molecule has 0 aliphatic carbocycles. The monoisotopic (exact) mass is 380 g/mol. The number of fused-ring (bicyclic) bond motifs is 1. The van der Waals surface area contributed by atoms with Crippen molar-refractivity contribution in [2.75, 3.05) is 0 Å². The van der Waals surface area contributed by atoms with Gasteiger partial charge in [0.25, 0.3) is 0 Å². The molecular weight excluding hydrogens is 370 g/mol. The van der Waals surface area contributed by atoms with Crippen molar-refractivity contribution in [3.05, 3.63) is 43.2 Å². The zero-order chi connectivity index (χ0) is 10.8. The van der Waals surface area contributed by atoms with Crippen molar-refractivity contribution in [3.8, 4) is 17.2 Å². The SMILES string of the molecule is C=COc1cccc2c(O)cc(O)cc12.[Y].[Y]. The molecule has 82 valence electrons. The van der Waals surface area contributed by atoms with Crippen molar-refractivity contribution in [2.45, 2.75) is 0 Å². The van der Waals surface area contributed by atoms with Gasteiger partial charge in [0.05, 0.1) is 6.26 Å². The minimum Gasteiger partial charge on any atom is -0.508 e. The van der Waals surface area contributed by atoms with Gasteiger partial charge in [0.1, 0.15) is 17.2 Å². The van der Waals surface area contributed by atoms with Crippen LogP contribution in [0.4, 0.5) is 0 Å². The summed E-state index contributed by atoms with van der Waals surface area (Å²) in [4.78, 5) is 0. The minimum atomic E-state index is 0. The molecule has 0 aromatic heterocycles. The van der Waals surface area contributed by atoms with Crippen LogP contribution in [0.2, 0.25) is 0 Å². The Labute approximate surface area is 150 Å². The molecule has 0 spiro atoms. The molecule has 0 heterocycles. The topological polar surface area (TPSA) is 49.7 Å². The first-order valence-electron chi connectivity index (χ1n) is 4.44. The normalized spacial score (nSPS) is 8.94. The fourth-order valence-electron chi connectivity index (χ4n) is 1.52. The van der Waals surface area contributed by atoms with Gasteiger partial charge in [0.15, 0.2) is 0 Å². The predicted molar refractivity (Wildman–Crippen MR) is 58.1 cm³/mol. The van der Waals surface area contributed by atoms with Gasteiger partial charge in [-0.25, -0.2) is 0 Å². The van der Waals surface area contributed by atoms with Crippen molar-refractivity contribution in [1.82, 2.24) is 0 Å². The molecular formula is C12H10O3Y2. The molecule has 2 aromatic rings. The molecule has 0 fully saturated rings. The summed E-state index contributed by atoms with van der Waals surface area (Å²) in [5.41, 5.74) is 0. The maximum atomic E-state index is 9.60. The molecule has 2 rings (SSSR count). The summed E-state index contributed by atoms with van der Waals surface area (Å²) in [5.74, 6) is 0.577. The first kappa shape index (κ1) is 17.0. The third-order valence-electron chi connectivity index (χ3n) is 2.13. The molecule has 0 unspecified atom stereocenters. The Kier molecular flexibility index (Phi) is 7.50. The van der Waals surface area contributed by atoms with Crippen LogP contribution in [0, 0.1) is 0 Å². The minimum absolute atomic E-state index is 0. The van der Waals surface area contributed by atoms with Crippen LogP contribution in [0.3, 0.4) is 0 Å². The number of hydrogen-bond donors (Lipinski definition) is 2. The van der Waals surface area contributed by atoms with E-state index in [1.807, 2.05) is 0 Å². The number of rotatable bonds is 2. The van der Waals surface area contributed by atoms with Gasteiger partial charge in [-0.1, -0.05) is 18.7 Å². The molecule has 17 heavy (non-hydrogen) atoms. The molecule has 0 aliphatic rings. The standard InChI is InChI=1S/C12H10O3.2Y/c1-2-15-12-5-3-4-9-10(12)6-8(13)7-11(9)14;;/h2-7,13-14H,1H2;;. The maximum Gasteiger partial charge on any atom is 0.134 e. The number of benzene rings is 2. The second-order valence-corrected chi connectivity index (χ2v) is 3.10. The number of phenols is 2. The number of aromatic hydroxyl groups is 2. The second-order valence-electron chi connectivity index (χ2n) is 3.10. The van der Waals surface area contributed by atoms with Crippen LogP contribution in [0.5, 0.6) is 17.2 Å². The predicted octanol–water partition coefficient (Wildman–Crippen LogP) is 2.77. The van der Waals surface area contributed by atoms with E-state index in [2.05, 4.69) is 6.58 Å². The fourth-order valence-corrected chi connectivity index (χ4v) is 1.52.